The molecule has 0 spiro atoms. The summed E-state index contributed by atoms with van der Waals surface area (Å²) in [6.07, 6.45) is 6.54. The Morgan fingerprint density at radius 1 is 0.594 bits per heavy atom. The lowest BCUT2D eigenvalue weighted by molar-refractivity contribution is -0.143. The van der Waals surface area contributed by atoms with Gasteiger partial charge in [0.25, 0.3) is 5.56 Å². The zero-order valence-electron chi connectivity index (χ0n) is 59.4. The number of halogens is 1. The van der Waals surface area contributed by atoms with E-state index >= 15 is 0 Å². The van der Waals surface area contributed by atoms with Crippen LogP contribution in [0.2, 0.25) is 0 Å². The predicted octanol–water partition coefficient (Wildman–Crippen LogP) is 6.78. The van der Waals surface area contributed by atoms with E-state index in [9.17, 15) is 44.7 Å². The lowest BCUT2D eigenvalue weighted by Gasteiger charge is -2.21. The quantitative estimate of drug-likeness (QED) is 0.0173. The van der Waals surface area contributed by atoms with Gasteiger partial charge in [0.15, 0.2) is 23.1 Å². The molecule has 22 atom stereocenters. The number of nitrogens with one attached hydrogen (secondary N) is 2. The van der Waals surface area contributed by atoms with Crippen LogP contribution in [0.15, 0.2) is 53.9 Å². The number of H-pyrrole nitrogens is 1. The predicted molar refractivity (Wildman–Crippen MR) is 406 cm³/mol. The number of hydrogen-bond acceptors (Lipinski definition) is 28. The minimum atomic E-state index is -0.672. The minimum Gasteiger partial charge on any atom is -0.462 e. The van der Waals surface area contributed by atoms with Crippen LogP contribution in [0.5, 0.6) is 0 Å². The molecule has 13 rings (SSSR count). The maximum absolute atomic E-state index is 12.1. The Hall–Kier alpha value is -5.74. The van der Waals surface area contributed by atoms with Gasteiger partial charge in [-0.15, -0.1) is 0 Å². The van der Waals surface area contributed by atoms with Crippen molar-refractivity contribution < 1.29 is 102 Å². The van der Waals surface area contributed by atoms with E-state index in [0.717, 1.165) is 36.8 Å². The number of fused-ring (bicyclic) bond motifs is 5. The Morgan fingerprint density at radius 2 is 1.08 bits per heavy atom. The van der Waals surface area contributed by atoms with Crippen LogP contribution in [0.4, 0.5) is 16.7 Å². The number of nitrogen functional groups attached to an aromatic ring is 1. The van der Waals surface area contributed by atoms with Crippen molar-refractivity contribution in [2.24, 2.45) is 53.3 Å². The summed E-state index contributed by atoms with van der Waals surface area (Å²) in [6, 6.07) is -0.300. The summed E-state index contributed by atoms with van der Waals surface area (Å²) in [4.78, 5) is 69.6. The fourth-order valence-corrected chi connectivity index (χ4v) is 16.2. The number of aliphatic hydroxyl groups excluding tert-OH is 6. The number of hydrogen-bond donors (Lipinski definition) is 9. The van der Waals surface area contributed by atoms with Crippen molar-refractivity contribution in [2.75, 3.05) is 108 Å². The molecule has 7 heterocycles. The fourth-order valence-electron chi connectivity index (χ4n) is 15.6. The summed E-state index contributed by atoms with van der Waals surface area (Å²) >= 11 is 2.08. The number of imidazole rings is 2. The first kappa shape index (κ1) is 94.5. The number of carbonyl (C=O) groups is 3. The van der Waals surface area contributed by atoms with Crippen LogP contribution >= 0.6 is 22.6 Å². The topological polar surface area (TPSA) is 429 Å². The Kier molecular flexibility index (Phi) is 37.8. The molecule has 4 aromatic heterocycles. The van der Waals surface area contributed by atoms with Crippen LogP contribution in [-0.4, -0.2) is 257 Å². The zero-order valence-corrected chi connectivity index (χ0v) is 61.5. The first-order chi connectivity index (χ1) is 48.1. The van der Waals surface area contributed by atoms with Gasteiger partial charge in [0.05, 0.1) is 119 Å². The summed E-state index contributed by atoms with van der Waals surface area (Å²) in [5, 5.41) is 59.0. The number of rotatable bonds is 17. The zero-order chi connectivity index (χ0) is 73.9. The van der Waals surface area contributed by atoms with Gasteiger partial charge < -0.3 is 102 Å². The normalized spacial score (nSPS) is 32.0. The first-order valence-corrected chi connectivity index (χ1v) is 34.9. The summed E-state index contributed by atoms with van der Waals surface area (Å²) < 4.78 is 67.5. The molecule has 1 amide bonds. The van der Waals surface area contributed by atoms with E-state index < -0.39 is 41.9 Å². The molecule has 9 aliphatic rings. The fraction of sp³-hybridized carbons (Fsp3) is 0.740. The molecule has 6 aliphatic carbocycles. The summed E-state index contributed by atoms with van der Waals surface area (Å²) in [5.74, 6) is 1.01. The van der Waals surface area contributed by atoms with Gasteiger partial charge in [-0.3, -0.25) is 24.7 Å². The van der Waals surface area contributed by atoms with Crippen LogP contribution in [0, 0.1) is 57.0 Å². The van der Waals surface area contributed by atoms with E-state index in [1.807, 2.05) is 4.57 Å². The molecule has 6 saturated carbocycles. The highest BCUT2D eigenvalue weighted by Crippen LogP contribution is 2.47. The van der Waals surface area contributed by atoms with Crippen LogP contribution in [-0.2, 0) is 66.4 Å². The Morgan fingerprint density at radius 3 is 1.59 bits per heavy atom. The molecule has 33 heteroatoms. The van der Waals surface area contributed by atoms with Gasteiger partial charge in [-0.2, -0.15) is 9.97 Å². The number of ether oxygens (including phenoxy) is 12. The third kappa shape index (κ3) is 22.1. The average Bonchev–Trinajstić information content (AvgIpc) is 1.59. The second-order valence-corrected chi connectivity index (χ2v) is 28.8. The lowest BCUT2D eigenvalue weighted by atomic mass is 9.93. The van der Waals surface area contributed by atoms with Crippen molar-refractivity contribution >= 4 is 74.8 Å². The second kappa shape index (κ2) is 42.4. The molecule has 10 N–H and O–H groups in total. The highest BCUT2D eigenvalue weighted by Gasteiger charge is 2.52. The van der Waals surface area contributed by atoms with Gasteiger partial charge >= 0.3 is 18.0 Å². The number of aromatic amines is 1. The summed E-state index contributed by atoms with van der Waals surface area (Å²) in [6.45, 7) is 19.7. The molecule has 9 fully saturated rings. The molecular weight excluding hydrogens is 1500 g/mol. The van der Waals surface area contributed by atoms with Crippen molar-refractivity contribution in [3.63, 3.8) is 0 Å². The third-order valence-corrected chi connectivity index (χ3v) is 21.5. The molecule has 4 unspecified atom stereocenters. The van der Waals surface area contributed by atoms with Crippen LogP contribution in [0.25, 0.3) is 22.3 Å². The van der Waals surface area contributed by atoms with E-state index in [-0.39, 0.29) is 164 Å². The molecule has 3 aliphatic heterocycles. The molecule has 3 saturated heterocycles. The van der Waals surface area contributed by atoms with E-state index in [0.29, 0.717) is 108 Å². The molecular formula is C73H123IN10O22. The number of carbonyl (C=O) groups excluding carboxylic acids is 3. The van der Waals surface area contributed by atoms with Gasteiger partial charge in [0.2, 0.25) is 11.9 Å². The molecule has 604 valence electrons. The summed E-state index contributed by atoms with van der Waals surface area (Å²) in [7, 11) is 13.5. The Bertz CT molecular complexity index is 3520. The molecule has 106 heavy (non-hydrogen) atoms. The van der Waals surface area contributed by atoms with Gasteiger partial charge in [-0.05, 0) is 78.8 Å². The lowest BCUT2D eigenvalue weighted by Crippen LogP contribution is -2.28. The van der Waals surface area contributed by atoms with Gasteiger partial charge in [-0.25, -0.2) is 19.7 Å². The van der Waals surface area contributed by atoms with Crippen molar-refractivity contribution in [1.29, 1.82) is 0 Å². The van der Waals surface area contributed by atoms with Crippen molar-refractivity contribution in [3.05, 3.63) is 63.2 Å². The van der Waals surface area contributed by atoms with Crippen molar-refractivity contribution in [3.8, 4) is 0 Å². The van der Waals surface area contributed by atoms with Gasteiger partial charge in [0, 0.05) is 143 Å². The smallest absolute Gasteiger partial charge is 0.414 e. The maximum atomic E-state index is 12.1. The SMILES string of the molecule is C.C.C.C.C.C=C1[C@H](CO)[C@@H](O)C[C@@H]1n1cnc2c(=O)[nH]c(N)nc21.C=C1[C@H](COC)[C@@H](OC)C[C@@H]1n1cnc2c(I)nc(NC(=O)OC(C)(C)C)nc21.C=C1[C@H](O)C[C@H](OC)[C@H]1COC.COC[C@H]1C2CC(=O)O[C@@H]2C[C@@H]1OC.COC[C@H]1C2CC(O)O[C@@H]2C[C@@H]1OC.O=C1CC2[C@@H](C[C@H](O)[C@H]2CO)O1. The largest absolute Gasteiger partial charge is 0.462 e. The molecule has 0 aromatic carbocycles. The molecule has 0 bridgehead atoms. The number of aromatic nitrogens is 8. The van der Waals surface area contributed by atoms with E-state index in [1.165, 1.54) is 6.33 Å². The number of nitrogens with two attached hydrogens (primary N) is 1. The minimum absolute atomic E-state index is 0. The molecule has 32 nitrogen and oxygen atoms in total. The summed E-state index contributed by atoms with van der Waals surface area (Å²) in [5.41, 5.74) is 8.89. The maximum Gasteiger partial charge on any atom is 0.414 e. The number of nitrogens with zero attached hydrogens (tertiary/aromatic N) is 7. The van der Waals surface area contributed by atoms with E-state index in [1.54, 1.807) is 88.5 Å². The van der Waals surface area contributed by atoms with Crippen molar-refractivity contribution in [1.82, 2.24) is 39.0 Å². The Balaban J connectivity index is 0.000000338. The number of amides is 1. The van der Waals surface area contributed by atoms with Gasteiger partial charge in [0.1, 0.15) is 27.0 Å². The third-order valence-electron chi connectivity index (χ3n) is 20.7. The average molecular weight is 1620 g/mol. The van der Waals surface area contributed by atoms with Crippen LogP contribution in [0.3, 0.4) is 0 Å². The highest BCUT2D eigenvalue weighted by atomic mass is 127. The Labute approximate surface area is 637 Å². The molecule has 4 aromatic rings. The van der Waals surface area contributed by atoms with Crippen LogP contribution < -0.4 is 16.6 Å². The first-order valence-electron chi connectivity index (χ1n) is 33.8. The van der Waals surface area contributed by atoms with E-state index in [2.05, 4.69) is 77.5 Å². The monoisotopic (exact) mass is 1620 g/mol. The standard InChI is InChI=1S/C19H26IN5O4.C12H15N5O3.C10H18O4.C10H16O4.C9H16O3.C8H12O4.5CH4/c1-10-11(8-27-5)13(28-6)7-12(10)25-9-21-14-15(20)22-17(23-16(14)25)24-18(26)29-19(2,3)4;1-5-6(3-18)8(19)2-7(5)17-4-14-9-10(17)15-12(13)16-11(9)20;2*1-12-5-7-6-3-10(11)14-9(6)4-8(7)13-2;1-6-7(5-11-2)9(12-3)4-8(6)10;9-3-5-4-1-8(11)12-7(4)2-6(5)10;;;;;/h9,11-13H,1,7-8H2,2-6H3,(H,22,23,24,26);4,6-8,18-19H,1-3H2,(H3,13,15,16,20);6-11H,3-5H2,1-2H3;6-9H,3-5H2,1-2H3;7-10H,1,4-5H2,2-3H3;4-7,9-10H,1-3H2;5*1H4/t11-,12-,13-;6-,7-,8-;6?,7-,8-,9+,10?;6?,7-,8-,9+;7-,8+,9-;4?,5-,6-,7+;;;;;/m000000...../s1. The highest BCUT2D eigenvalue weighted by molar-refractivity contribution is 14.1. The number of anilines is 2. The number of methoxy groups -OCH3 is 8. The van der Waals surface area contributed by atoms with Gasteiger partial charge in [-0.1, -0.05) is 56.9 Å². The second-order valence-electron chi connectivity index (χ2n) is 27.8. The van der Waals surface area contributed by atoms with Crippen molar-refractivity contribution in [2.45, 2.75) is 201 Å². The number of esters is 2. The van der Waals surface area contributed by atoms with E-state index in [4.69, 9.17) is 67.7 Å². The van der Waals surface area contributed by atoms with Crippen LogP contribution in [0.1, 0.15) is 128 Å². The molecule has 0 radical (unpaired) electrons. The number of aliphatic hydroxyl groups is 6.